The number of amides is 1. The lowest BCUT2D eigenvalue weighted by molar-refractivity contribution is -0.145. The van der Waals surface area contributed by atoms with Crippen molar-refractivity contribution in [3.63, 3.8) is 0 Å². The predicted octanol–water partition coefficient (Wildman–Crippen LogP) is 8.42. The van der Waals surface area contributed by atoms with E-state index in [2.05, 4.69) is 51.6 Å². The molecule has 1 saturated heterocycles. The molecule has 6 aromatic rings. The van der Waals surface area contributed by atoms with E-state index in [1.54, 1.807) is 34.3 Å². The summed E-state index contributed by atoms with van der Waals surface area (Å²) in [7, 11) is 3.22. The van der Waals surface area contributed by atoms with Gasteiger partial charge in [-0.2, -0.15) is 9.97 Å². The van der Waals surface area contributed by atoms with E-state index in [-0.39, 0.29) is 36.9 Å². The lowest BCUT2D eigenvalue weighted by Gasteiger charge is -2.50. The van der Waals surface area contributed by atoms with E-state index >= 15 is 0 Å². The van der Waals surface area contributed by atoms with Crippen molar-refractivity contribution in [2.45, 2.75) is 45.2 Å². The fourth-order valence-electron chi connectivity index (χ4n) is 7.06. The molecule has 1 N–H and O–H groups in total. The van der Waals surface area contributed by atoms with Crippen molar-refractivity contribution in [3.05, 3.63) is 149 Å². The highest BCUT2D eigenvalue weighted by molar-refractivity contribution is 7.83. The number of halogens is 1. The zero-order valence-corrected chi connectivity index (χ0v) is 34.3. The van der Waals surface area contributed by atoms with Crippen molar-refractivity contribution in [2.75, 3.05) is 39.1 Å². The molecule has 1 fully saturated rings. The van der Waals surface area contributed by atoms with E-state index in [0.29, 0.717) is 24.3 Å². The fraction of sp³-hybridized carbons (Fsp3) is 0.302. The highest BCUT2D eigenvalue weighted by Crippen LogP contribution is 2.54. The van der Waals surface area contributed by atoms with Gasteiger partial charge in [0.15, 0.2) is 11.2 Å². The number of anilines is 1. The Morgan fingerprint density at radius 2 is 1.49 bits per heavy atom. The molecule has 1 aliphatic rings. The molecule has 296 valence electrons. The third-order valence-corrected chi connectivity index (χ3v) is 12.7. The van der Waals surface area contributed by atoms with Gasteiger partial charge in [0, 0.05) is 19.0 Å². The van der Waals surface area contributed by atoms with Crippen LogP contribution in [0.3, 0.4) is 0 Å². The maximum Gasteiger partial charge on any atom is 0.362 e. The zero-order valence-electron chi connectivity index (χ0n) is 32.7. The summed E-state index contributed by atoms with van der Waals surface area (Å²) in [6.45, 7) is 2.87. The second-order valence-corrected chi connectivity index (χ2v) is 17.9. The molecule has 14 heteroatoms. The van der Waals surface area contributed by atoms with Gasteiger partial charge in [0.05, 0.1) is 24.6 Å². The monoisotopic (exact) mass is 807 g/mol. The molecular formula is C43H47ClN7O5P. The van der Waals surface area contributed by atoms with Gasteiger partial charge in [-0.15, -0.1) is 0 Å². The van der Waals surface area contributed by atoms with Crippen molar-refractivity contribution < 1.29 is 23.4 Å². The first kappa shape index (κ1) is 40.3. The van der Waals surface area contributed by atoms with Crippen molar-refractivity contribution in [2.24, 2.45) is 5.92 Å². The third kappa shape index (κ3) is 8.67. The minimum Gasteiger partial charge on any atom is -0.471 e. The number of ether oxygens (including phenoxy) is 2. The Balaban J connectivity index is 1.37. The summed E-state index contributed by atoms with van der Waals surface area (Å²) < 4.78 is 35.6. The minimum atomic E-state index is -3.65. The van der Waals surface area contributed by atoms with Crippen LogP contribution in [-0.2, 0) is 30.8 Å². The Morgan fingerprint density at radius 3 is 2.04 bits per heavy atom. The van der Waals surface area contributed by atoms with Crippen LogP contribution < -0.4 is 10.1 Å². The normalized spacial score (nSPS) is 17.5. The zero-order chi connectivity index (χ0) is 40.2. The van der Waals surface area contributed by atoms with Gasteiger partial charge in [-0.1, -0.05) is 135 Å². The average Bonchev–Trinajstić information content (AvgIpc) is 3.65. The van der Waals surface area contributed by atoms with Gasteiger partial charge >= 0.3 is 6.87 Å². The number of aryl methyl sites for hydroxylation is 1. The van der Waals surface area contributed by atoms with Gasteiger partial charge in [0.1, 0.15) is 12.8 Å². The lowest BCUT2D eigenvalue weighted by atomic mass is 9.75. The van der Waals surface area contributed by atoms with Crippen LogP contribution in [0.5, 0.6) is 5.88 Å². The number of morpholine rings is 1. The summed E-state index contributed by atoms with van der Waals surface area (Å²) in [5.41, 5.74) is 5.19. The van der Waals surface area contributed by atoms with Crippen LogP contribution >= 0.6 is 18.1 Å². The van der Waals surface area contributed by atoms with Crippen LogP contribution in [0.4, 0.5) is 5.95 Å². The first-order valence-corrected chi connectivity index (χ1v) is 21.4. The second-order valence-electron chi connectivity index (χ2n) is 14.6. The standard InChI is InChI=1S/C43H47ClN7O5P/c1-30(2)40(52)47-42-46-39-38(41(48-42)54-27-32-23-21-31(3)22-24-32)45-29-51(39)37-26-50(25-36(56-37)28-55-57(44,53)49(4)5)43(33-15-9-6-10-16-33,34-17-11-7-12-18-34)35-19-13-8-14-20-35/h6-24,29-30,36-37H,25-28H2,1-5H3,(H,46,47,48,52)/t36-,37+,57-/m0/s1. The first-order chi connectivity index (χ1) is 27.5. The Kier molecular flexibility index (Phi) is 12.2. The largest absolute Gasteiger partial charge is 0.471 e. The third-order valence-electron chi connectivity index (χ3n) is 10.1. The number of carbonyl (C=O) groups is 1. The van der Waals surface area contributed by atoms with Crippen molar-refractivity contribution in [1.82, 2.24) is 29.1 Å². The summed E-state index contributed by atoms with van der Waals surface area (Å²) in [6, 6.07) is 39.1. The molecular weight excluding hydrogens is 761 g/mol. The van der Waals surface area contributed by atoms with Crippen molar-refractivity contribution in [1.29, 1.82) is 0 Å². The van der Waals surface area contributed by atoms with Gasteiger partial charge in [-0.05, 0) is 54.5 Å². The number of hydrogen-bond acceptors (Lipinski definition) is 9. The maximum absolute atomic E-state index is 13.3. The van der Waals surface area contributed by atoms with Crippen LogP contribution in [0.2, 0.25) is 0 Å². The van der Waals surface area contributed by atoms with E-state index in [1.807, 2.05) is 90.4 Å². The molecule has 1 aliphatic heterocycles. The number of carbonyl (C=O) groups excluding carboxylic acids is 1. The SMILES string of the molecule is Cc1ccc(COc2nc(NC(=O)C(C)C)nc3c2ncn3[C@H]2CN(C(c3ccccc3)(c3ccccc3)c3ccccc3)C[C@@H](CO[P@@](=O)(Cl)N(C)C)O2)cc1. The van der Waals surface area contributed by atoms with Crippen molar-refractivity contribution >= 4 is 41.1 Å². The van der Waals surface area contributed by atoms with Crippen LogP contribution in [0, 0.1) is 12.8 Å². The highest BCUT2D eigenvalue weighted by atomic mass is 35.7. The van der Waals surface area contributed by atoms with E-state index in [1.165, 1.54) is 4.67 Å². The first-order valence-electron chi connectivity index (χ1n) is 18.9. The summed E-state index contributed by atoms with van der Waals surface area (Å²) in [5.74, 6) is -0.265. The molecule has 3 atom stereocenters. The molecule has 0 unspecified atom stereocenters. The summed E-state index contributed by atoms with van der Waals surface area (Å²) in [6.07, 6.45) is 0.318. The highest BCUT2D eigenvalue weighted by Gasteiger charge is 2.47. The summed E-state index contributed by atoms with van der Waals surface area (Å²) in [4.78, 5) is 29.5. The van der Waals surface area contributed by atoms with Gasteiger partial charge < -0.3 is 14.0 Å². The molecule has 0 bridgehead atoms. The molecule has 0 radical (unpaired) electrons. The van der Waals surface area contributed by atoms with Crippen LogP contribution in [-0.4, -0.2) is 74.9 Å². The van der Waals surface area contributed by atoms with E-state index in [0.717, 1.165) is 27.8 Å². The second kappa shape index (κ2) is 17.3. The Morgan fingerprint density at radius 1 is 0.912 bits per heavy atom. The summed E-state index contributed by atoms with van der Waals surface area (Å²) >= 11 is 6.41. The number of nitrogens with zero attached hydrogens (tertiary/aromatic N) is 6. The molecule has 4 aromatic carbocycles. The molecule has 0 saturated carbocycles. The van der Waals surface area contributed by atoms with E-state index in [4.69, 9.17) is 35.2 Å². The Hall–Kier alpha value is -4.94. The number of rotatable bonds is 14. The molecule has 2 aromatic heterocycles. The number of imidazole rings is 1. The molecule has 1 amide bonds. The molecule has 3 heterocycles. The van der Waals surface area contributed by atoms with Crippen LogP contribution in [0.25, 0.3) is 11.2 Å². The maximum atomic E-state index is 13.3. The lowest BCUT2D eigenvalue weighted by Crippen LogP contribution is -2.57. The van der Waals surface area contributed by atoms with Gasteiger partial charge in [-0.25, -0.2) is 9.65 Å². The molecule has 0 spiro atoms. The van der Waals surface area contributed by atoms with Gasteiger partial charge in [-0.3, -0.25) is 24.1 Å². The Labute approximate surface area is 338 Å². The average molecular weight is 808 g/mol. The quantitative estimate of drug-likeness (QED) is 0.0848. The number of nitrogens with one attached hydrogen (secondary N) is 1. The van der Waals surface area contributed by atoms with Gasteiger partial charge in [0.25, 0.3) is 0 Å². The number of benzene rings is 4. The molecule has 7 rings (SSSR count). The molecule has 12 nitrogen and oxygen atoms in total. The summed E-state index contributed by atoms with van der Waals surface area (Å²) in [5, 5.41) is 2.85. The smallest absolute Gasteiger partial charge is 0.362 e. The number of aromatic nitrogens is 4. The molecule has 0 aliphatic carbocycles. The Bertz CT molecular complexity index is 2230. The van der Waals surface area contributed by atoms with E-state index < -0.39 is 24.7 Å². The van der Waals surface area contributed by atoms with Gasteiger partial charge in [0.2, 0.25) is 17.7 Å². The van der Waals surface area contributed by atoms with E-state index in [9.17, 15) is 9.36 Å². The topological polar surface area (TPSA) is 124 Å². The predicted molar refractivity (Wildman–Crippen MR) is 222 cm³/mol. The van der Waals surface area contributed by atoms with Crippen molar-refractivity contribution in [3.8, 4) is 5.88 Å². The van der Waals surface area contributed by atoms with Crippen LogP contribution in [0.1, 0.15) is 47.9 Å². The van der Waals surface area contributed by atoms with Crippen LogP contribution in [0.15, 0.2) is 122 Å². The minimum absolute atomic E-state index is 0.0668. The number of fused-ring (bicyclic) bond motifs is 1. The number of hydrogen-bond donors (Lipinski definition) is 1. The fourth-order valence-corrected chi connectivity index (χ4v) is 7.81. The molecule has 57 heavy (non-hydrogen) atoms.